The van der Waals surface area contributed by atoms with E-state index in [2.05, 4.69) is 300 Å². The predicted molar refractivity (Wildman–Crippen MR) is 335 cm³/mol. The van der Waals surface area contributed by atoms with Crippen LogP contribution in [0.4, 0.5) is 0 Å². The van der Waals surface area contributed by atoms with Gasteiger partial charge in [-0.25, -0.2) is 9.97 Å². The highest BCUT2D eigenvalue weighted by Gasteiger charge is 2.46. The molecule has 0 aliphatic heterocycles. The van der Waals surface area contributed by atoms with Crippen molar-refractivity contribution in [1.82, 2.24) is 19.1 Å². The van der Waals surface area contributed by atoms with Gasteiger partial charge in [0.1, 0.15) is 0 Å². The van der Waals surface area contributed by atoms with Gasteiger partial charge in [-0.05, 0) is 128 Å². The zero-order chi connectivity index (χ0) is 53.4. The van der Waals surface area contributed by atoms with Gasteiger partial charge in [0.2, 0.25) is 0 Å². The highest BCUT2D eigenvalue weighted by atomic mass is 15.0. The summed E-state index contributed by atoms with van der Waals surface area (Å²) in [5.74, 6) is 0.682. The number of aromatic nitrogens is 4. The highest BCUT2D eigenvalue weighted by Crippen LogP contribution is 2.57. The molecule has 0 atom stereocenters. The minimum Gasteiger partial charge on any atom is -0.309 e. The van der Waals surface area contributed by atoms with Crippen molar-refractivity contribution in [2.24, 2.45) is 0 Å². The van der Waals surface area contributed by atoms with E-state index in [-0.39, 0.29) is 0 Å². The van der Waals surface area contributed by atoms with Crippen molar-refractivity contribution in [2.45, 2.75) is 5.41 Å². The third kappa shape index (κ3) is 7.45. The number of rotatable bonds is 9. The minimum atomic E-state index is -0.517. The van der Waals surface area contributed by atoms with Crippen LogP contribution in [-0.2, 0) is 5.41 Å². The number of nitrogens with zero attached hydrogens (tertiary/aromatic N) is 4. The van der Waals surface area contributed by atoms with Gasteiger partial charge in [0.15, 0.2) is 5.82 Å². The lowest BCUT2D eigenvalue weighted by Crippen LogP contribution is -2.28. The largest absolute Gasteiger partial charge is 0.309 e. The molecule has 16 rings (SSSR count). The molecule has 0 saturated heterocycles. The van der Waals surface area contributed by atoms with E-state index in [0.29, 0.717) is 5.82 Å². The zero-order valence-corrected chi connectivity index (χ0v) is 44.2. The van der Waals surface area contributed by atoms with E-state index in [0.717, 1.165) is 72.6 Å². The Morgan fingerprint density at radius 2 is 0.679 bits per heavy atom. The molecule has 4 nitrogen and oxygen atoms in total. The fraction of sp³-hybridized carbons (Fsp3) is 0.0130. The van der Waals surface area contributed by atoms with E-state index in [4.69, 9.17) is 9.97 Å². The van der Waals surface area contributed by atoms with Gasteiger partial charge in [0, 0.05) is 49.6 Å². The Morgan fingerprint density at radius 1 is 0.247 bits per heavy atom. The summed E-state index contributed by atoms with van der Waals surface area (Å²) in [4.78, 5) is 10.4. The maximum atomic E-state index is 5.20. The van der Waals surface area contributed by atoms with Crippen molar-refractivity contribution in [1.29, 1.82) is 0 Å². The molecule has 1 aliphatic rings. The zero-order valence-electron chi connectivity index (χ0n) is 44.2. The lowest BCUT2D eigenvalue weighted by Gasteiger charge is -2.34. The molecule has 0 spiro atoms. The standard InChI is InChI=1S/C77H50N4/c1-6-21-51(22-7-1)54-37-42-74-66(46-54)67-48-56(39-44-75(67)81(74)61-40-41-63-62-33-16-18-35-68(62)77(69(63)49-61,58-28-12-4-13-29-58)59-30-14-5-15-31-59)55-38-43-73-65(47-55)64-34-17-19-36-72(64)80(73)60-32-20-27-57(45-60)76-78-70(52-23-8-2-9-24-52)50-71(79-76)53-25-10-3-11-26-53/h1-50H. The molecule has 15 aromatic rings. The predicted octanol–water partition coefficient (Wildman–Crippen LogP) is 19.4. The van der Waals surface area contributed by atoms with Gasteiger partial charge in [-0.2, -0.15) is 0 Å². The average molecular weight is 1030 g/mol. The second kappa shape index (κ2) is 18.8. The fourth-order valence-corrected chi connectivity index (χ4v) is 13.2. The first kappa shape index (κ1) is 46.4. The molecule has 0 bridgehead atoms. The topological polar surface area (TPSA) is 35.6 Å². The molecule has 3 aromatic heterocycles. The van der Waals surface area contributed by atoms with Crippen molar-refractivity contribution >= 4 is 43.6 Å². The summed E-state index contributed by atoms with van der Waals surface area (Å²) in [7, 11) is 0. The Labute approximate surface area is 469 Å². The smallest absolute Gasteiger partial charge is 0.160 e. The maximum Gasteiger partial charge on any atom is 0.160 e. The van der Waals surface area contributed by atoms with Crippen LogP contribution in [0.2, 0.25) is 0 Å². The monoisotopic (exact) mass is 1030 g/mol. The van der Waals surface area contributed by atoms with Gasteiger partial charge < -0.3 is 9.13 Å². The summed E-state index contributed by atoms with van der Waals surface area (Å²) >= 11 is 0. The maximum absolute atomic E-state index is 5.20. The third-order valence-corrected chi connectivity index (χ3v) is 16.8. The van der Waals surface area contributed by atoms with E-state index < -0.39 is 5.41 Å². The molecule has 81 heavy (non-hydrogen) atoms. The SMILES string of the molecule is c1ccc(-c2ccc3c(c2)c2cc(-c4ccc5c(c4)c4ccccc4n5-c4cccc(-c5nc(-c6ccccc6)cc(-c6ccccc6)n5)c4)ccc2n3-c2ccc3c(c2)C(c2ccccc2)(c2ccccc2)c2ccccc2-3)cc1. The molecule has 3 heterocycles. The van der Waals surface area contributed by atoms with Crippen molar-refractivity contribution < 1.29 is 0 Å². The van der Waals surface area contributed by atoms with Crippen LogP contribution >= 0.6 is 0 Å². The molecule has 0 radical (unpaired) electrons. The minimum absolute atomic E-state index is 0.517. The van der Waals surface area contributed by atoms with Crippen LogP contribution in [0.5, 0.6) is 0 Å². The summed E-state index contributed by atoms with van der Waals surface area (Å²) in [6.07, 6.45) is 0. The summed E-state index contributed by atoms with van der Waals surface area (Å²) in [5.41, 5.74) is 23.4. The van der Waals surface area contributed by atoms with Crippen molar-refractivity contribution in [3.63, 3.8) is 0 Å². The second-order valence-electron chi connectivity index (χ2n) is 21.3. The molecule has 12 aromatic carbocycles. The Balaban J connectivity index is 0.851. The molecule has 0 unspecified atom stereocenters. The van der Waals surface area contributed by atoms with Gasteiger partial charge in [-0.15, -0.1) is 0 Å². The number of para-hydroxylation sites is 1. The number of hydrogen-bond donors (Lipinski definition) is 0. The van der Waals surface area contributed by atoms with Crippen molar-refractivity contribution in [3.8, 4) is 78.7 Å². The number of fused-ring (bicyclic) bond motifs is 9. The normalized spacial score (nSPS) is 12.5. The molecule has 4 heteroatoms. The molecule has 0 fully saturated rings. The quantitative estimate of drug-likeness (QED) is 0.144. The van der Waals surface area contributed by atoms with E-state index in [1.165, 1.54) is 66.1 Å². The molecule has 0 amide bonds. The Kier molecular flexibility index (Phi) is 10.8. The van der Waals surface area contributed by atoms with Gasteiger partial charge in [0.05, 0.1) is 38.9 Å². The van der Waals surface area contributed by atoms with Crippen LogP contribution in [0.3, 0.4) is 0 Å². The lowest BCUT2D eigenvalue weighted by atomic mass is 9.67. The summed E-state index contributed by atoms with van der Waals surface area (Å²) in [5, 5.41) is 4.80. The molecule has 1 aliphatic carbocycles. The Bertz CT molecular complexity index is 4810. The number of benzene rings is 12. The Hall–Kier alpha value is -10.7. The van der Waals surface area contributed by atoms with E-state index >= 15 is 0 Å². The average Bonchev–Trinajstić information content (AvgIpc) is 4.09. The third-order valence-electron chi connectivity index (χ3n) is 16.8. The summed E-state index contributed by atoms with van der Waals surface area (Å²) in [6.45, 7) is 0. The lowest BCUT2D eigenvalue weighted by molar-refractivity contribution is 0.767. The van der Waals surface area contributed by atoms with Crippen molar-refractivity contribution in [2.75, 3.05) is 0 Å². The van der Waals surface area contributed by atoms with Gasteiger partial charge >= 0.3 is 0 Å². The van der Waals surface area contributed by atoms with Gasteiger partial charge in [0.25, 0.3) is 0 Å². The first-order chi connectivity index (χ1) is 40.2. The summed E-state index contributed by atoms with van der Waals surface area (Å²) < 4.78 is 4.88. The number of hydrogen-bond acceptors (Lipinski definition) is 2. The molecule has 0 saturated carbocycles. The van der Waals surface area contributed by atoms with Crippen LogP contribution in [0.25, 0.3) is 122 Å². The first-order valence-electron chi connectivity index (χ1n) is 27.8. The fourth-order valence-electron chi connectivity index (χ4n) is 13.2. The second-order valence-corrected chi connectivity index (χ2v) is 21.3. The van der Waals surface area contributed by atoms with E-state index in [1.54, 1.807) is 0 Å². The van der Waals surface area contributed by atoms with E-state index in [1.807, 2.05) is 12.1 Å². The van der Waals surface area contributed by atoms with Gasteiger partial charge in [-0.1, -0.05) is 231 Å². The molecule has 0 N–H and O–H groups in total. The Morgan fingerprint density at radius 3 is 1.26 bits per heavy atom. The highest BCUT2D eigenvalue weighted by molar-refractivity contribution is 6.13. The van der Waals surface area contributed by atoms with E-state index in [9.17, 15) is 0 Å². The molecular formula is C77H50N4. The molecule has 378 valence electrons. The van der Waals surface area contributed by atoms with Crippen LogP contribution in [0.1, 0.15) is 22.3 Å². The summed E-state index contributed by atoms with van der Waals surface area (Å²) in [6, 6.07) is 110. The van der Waals surface area contributed by atoms with Crippen LogP contribution in [0.15, 0.2) is 303 Å². The molecular weight excluding hydrogens is 981 g/mol. The first-order valence-corrected chi connectivity index (χ1v) is 27.8. The van der Waals surface area contributed by atoms with Crippen molar-refractivity contribution in [3.05, 3.63) is 326 Å². The van der Waals surface area contributed by atoms with Crippen LogP contribution in [0, 0.1) is 0 Å². The van der Waals surface area contributed by atoms with Crippen LogP contribution in [-0.4, -0.2) is 19.1 Å². The van der Waals surface area contributed by atoms with Gasteiger partial charge in [-0.3, -0.25) is 0 Å². The van der Waals surface area contributed by atoms with Crippen LogP contribution < -0.4 is 0 Å².